The number of carbonyl (C=O) groups is 3. The molecule has 8 nitrogen and oxygen atoms in total. The first-order chi connectivity index (χ1) is 17.4. The van der Waals surface area contributed by atoms with Gasteiger partial charge in [0.15, 0.2) is 0 Å². The summed E-state index contributed by atoms with van der Waals surface area (Å²) < 4.78 is 0. The summed E-state index contributed by atoms with van der Waals surface area (Å²) in [6, 6.07) is 16.2. The lowest BCUT2D eigenvalue weighted by Crippen LogP contribution is -2.37. The van der Waals surface area contributed by atoms with Gasteiger partial charge < -0.3 is 21.1 Å². The minimum Gasteiger partial charge on any atom is -0.465 e. The van der Waals surface area contributed by atoms with Crippen LogP contribution in [-0.2, 0) is 0 Å². The van der Waals surface area contributed by atoms with E-state index in [1.807, 2.05) is 31.2 Å². The molecule has 2 aromatic carbocycles. The topological polar surface area (TPSA) is 126 Å². The molecule has 0 atom stereocenters. The predicted molar refractivity (Wildman–Crippen MR) is 139 cm³/mol. The fourth-order valence-electron chi connectivity index (χ4n) is 4.92. The maximum atomic E-state index is 13.3. The first kappa shape index (κ1) is 25.2. The van der Waals surface area contributed by atoms with Crippen molar-refractivity contribution in [3.63, 3.8) is 0 Å². The number of pyridine rings is 1. The molecule has 3 aromatic rings. The van der Waals surface area contributed by atoms with Crippen molar-refractivity contribution in [1.82, 2.24) is 15.2 Å². The van der Waals surface area contributed by atoms with Gasteiger partial charge in [-0.25, -0.2) is 9.78 Å². The molecule has 0 saturated heterocycles. The van der Waals surface area contributed by atoms with E-state index in [0.29, 0.717) is 48.3 Å². The molecule has 8 heteroatoms. The number of fused-ring (bicyclic) bond motifs is 1. The van der Waals surface area contributed by atoms with Crippen LogP contribution in [0, 0.1) is 11.8 Å². The van der Waals surface area contributed by atoms with E-state index in [9.17, 15) is 19.5 Å². The lowest BCUT2D eigenvalue weighted by molar-refractivity contribution is 0.0937. The highest BCUT2D eigenvalue weighted by Crippen LogP contribution is 2.30. The minimum absolute atomic E-state index is 0.145. The van der Waals surface area contributed by atoms with Crippen molar-refractivity contribution in [3.05, 3.63) is 65.7 Å². The van der Waals surface area contributed by atoms with E-state index in [0.717, 1.165) is 42.1 Å². The summed E-state index contributed by atoms with van der Waals surface area (Å²) in [5.74, 6) is 0.111. The highest BCUT2D eigenvalue weighted by molar-refractivity contribution is 6.07. The number of nitrogens with one attached hydrogen (secondary N) is 1. The zero-order valence-electron chi connectivity index (χ0n) is 20.4. The van der Waals surface area contributed by atoms with Crippen molar-refractivity contribution in [1.29, 1.82) is 0 Å². The van der Waals surface area contributed by atoms with Crippen LogP contribution < -0.4 is 11.1 Å². The summed E-state index contributed by atoms with van der Waals surface area (Å²) in [5.41, 5.74) is 8.48. The number of amides is 3. The number of aromatic nitrogens is 1. The summed E-state index contributed by atoms with van der Waals surface area (Å²) in [6.07, 6.45) is 3.01. The number of carbonyl (C=O) groups excluding carboxylic acids is 2. The van der Waals surface area contributed by atoms with E-state index < -0.39 is 12.0 Å². The highest BCUT2D eigenvalue weighted by Gasteiger charge is 2.25. The SMILES string of the molecule is CCN(CC1CCC(CNC(=O)c2cc(-c3ccc(C(N)=O)cc3)nc3ccccc23)CC1)C(=O)O. The Kier molecular flexibility index (Phi) is 7.83. The second-order valence-corrected chi connectivity index (χ2v) is 9.43. The van der Waals surface area contributed by atoms with Gasteiger partial charge >= 0.3 is 6.09 Å². The van der Waals surface area contributed by atoms with Crippen LogP contribution in [0.5, 0.6) is 0 Å². The van der Waals surface area contributed by atoms with Gasteiger partial charge in [0.05, 0.1) is 16.8 Å². The Morgan fingerprint density at radius 1 is 1.03 bits per heavy atom. The summed E-state index contributed by atoms with van der Waals surface area (Å²) in [4.78, 5) is 42.2. The van der Waals surface area contributed by atoms with Gasteiger partial charge in [-0.3, -0.25) is 9.59 Å². The van der Waals surface area contributed by atoms with Gasteiger partial charge in [0.25, 0.3) is 5.91 Å². The molecule has 36 heavy (non-hydrogen) atoms. The van der Waals surface area contributed by atoms with Crippen molar-refractivity contribution >= 4 is 28.8 Å². The molecule has 4 rings (SSSR count). The molecule has 3 amide bonds. The van der Waals surface area contributed by atoms with Gasteiger partial charge in [0, 0.05) is 36.1 Å². The molecule has 188 valence electrons. The van der Waals surface area contributed by atoms with Gasteiger partial charge in [0.2, 0.25) is 5.91 Å². The number of nitrogens with two attached hydrogens (primary N) is 1. The molecule has 1 fully saturated rings. The zero-order valence-corrected chi connectivity index (χ0v) is 20.4. The smallest absolute Gasteiger partial charge is 0.407 e. The number of rotatable bonds is 8. The molecule has 1 heterocycles. The van der Waals surface area contributed by atoms with Crippen LogP contribution in [-0.4, -0.2) is 52.5 Å². The third-order valence-corrected chi connectivity index (χ3v) is 7.07. The van der Waals surface area contributed by atoms with Crippen molar-refractivity contribution in [2.24, 2.45) is 17.6 Å². The van der Waals surface area contributed by atoms with Crippen LogP contribution in [0.2, 0.25) is 0 Å². The average Bonchev–Trinajstić information content (AvgIpc) is 2.90. The number of primary amides is 1. The molecular formula is C28H32N4O4. The van der Waals surface area contributed by atoms with E-state index in [1.54, 1.807) is 30.3 Å². The summed E-state index contributed by atoms with van der Waals surface area (Å²) in [5, 5.41) is 13.2. The van der Waals surface area contributed by atoms with Crippen LogP contribution in [0.3, 0.4) is 0 Å². The normalized spacial score (nSPS) is 17.5. The van der Waals surface area contributed by atoms with Crippen LogP contribution in [0.4, 0.5) is 4.79 Å². The second-order valence-electron chi connectivity index (χ2n) is 9.43. The Morgan fingerprint density at radius 2 is 1.69 bits per heavy atom. The van der Waals surface area contributed by atoms with Gasteiger partial charge in [-0.2, -0.15) is 0 Å². The molecule has 0 unspecified atom stereocenters. The first-order valence-electron chi connectivity index (χ1n) is 12.4. The van der Waals surface area contributed by atoms with Crippen molar-refractivity contribution in [2.45, 2.75) is 32.6 Å². The van der Waals surface area contributed by atoms with Crippen LogP contribution in [0.15, 0.2) is 54.6 Å². The minimum atomic E-state index is -0.861. The Labute approximate surface area is 210 Å². The molecule has 4 N–H and O–H groups in total. The number of nitrogens with zero attached hydrogens (tertiary/aromatic N) is 2. The third-order valence-electron chi connectivity index (χ3n) is 7.07. The van der Waals surface area contributed by atoms with Gasteiger partial charge in [0.1, 0.15) is 0 Å². The molecule has 1 aliphatic rings. The van der Waals surface area contributed by atoms with Crippen molar-refractivity contribution in [2.75, 3.05) is 19.6 Å². The van der Waals surface area contributed by atoms with Gasteiger partial charge in [-0.1, -0.05) is 30.3 Å². The number of para-hydroxylation sites is 1. The van der Waals surface area contributed by atoms with Crippen LogP contribution in [0.25, 0.3) is 22.2 Å². The Bertz CT molecular complexity index is 1250. The van der Waals surface area contributed by atoms with E-state index in [-0.39, 0.29) is 5.91 Å². The van der Waals surface area contributed by atoms with Crippen molar-refractivity contribution in [3.8, 4) is 11.3 Å². The predicted octanol–water partition coefficient (Wildman–Crippen LogP) is 4.54. The molecule has 1 aliphatic carbocycles. The van der Waals surface area contributed by atoms with Crippen molar-refractivity contribution < 1.29 is 19.5 Å². The lowest BCUT2D eigenvalue weighted by atomic mass is 9.81. The van der Waals surface area contributed by atoms with E-state index in [1.165, 1.54) is 4.90 Å². The molecule has 0 bridgehead atoms. The Hall–Kier alpha value is -3.94. The molecule has 1 aromatic heterocycles. The maximum Gasteiger partial charge on any atom is 0.407 e. The average molecular weight is 489 g/mol. The molecule has 0 spiro atoms. The third kappa shape index (κ3) is 5.82. The molecular weight excluding hydrogens is 456 g/mol. The largest absolute Gasteiger partial charge is 0.465 e. The monoisotopic (exact) mass is 488 g/mol. The number of carboxylic acid groups (broad SMARTS) is 1. The summed E-state index contributed by atoms with van der Waals surface area (Å²) in [7, 11) is 0. The standard InChI is InChI=1S/C28H32N4O4/c1-2-32(28(35)36)17-19-9-7-18(8-10-19)16-30-27(34)23-15-25(31-24-6-4-3-5-22(23)24)20-11-13-21(14-12-20)26(29)33/h3-6,11-15,18-19H,2,7-10,16-17H2,1H3,(H2,29,33)(H,30,34)(H,35,36). The second kappa shape index (κ2) is 11.2. The van der Waals surface area contributed by atoms with Gasteiger partial charge in [-0.15, -0.1) is 0 Å². The fourth-order valence-corrected chi connectivity index (χ4v) is 4.92. The summed E-state index contributed by atoms with van der Waals surface area (Å²) in [6.45, 7) is 3.53. The lowest BCUT2D eigenvalue weighted by Gasteiger charge is -2.31. The van der Waals surface area contributed by atoms with Crippen LogP contribution in [0.1, 0.15) is 53.3 Å². The first-order valence-corrected chi connectivity index (χ1v) is 12.4. The Balaban J connectivity index is 1.44. The molecule has 0 radical (unpaired) electrons. The van der Waals surface area contributed by atoms with E-state index >= 15 is 0 Å². The quantitative estimate of drug-likeness (QED) is 0.429. The van der Waals surface area contributed by atoms with Crippen LogP contribution >= 0.6 is 0 Å². The van der Waals surface area contributed by atoms with E-state index in [4.69, 9.17) is 10.7 Å². The number of hydrogen-bond acceptors (Lipinski definition) is 4. The number of benzene rings is 2. The highest BCUT2D eigenvalue weighted by atomic mass is 16.4. The zero-order chi connectivity index (χ0) is 25.7. The Morgan fingerprint density at radius 3 is 2.33 bits per heavy atom. The van der Waals surface area contributed by atoms with E-state index in [2.05, 4.69) is 5.32 Å². The van der Waals surface area contributed by atoms with Gasteiger partial charge in [-0.05, 0) is 68.7 Å². The molecule has 1 saturated carbocycles. The fraction of sp³-hybridized carbons (Fsp3) is 0.357. The maximum absolute atomic E-state index is 13.3. The molecule has 0 aliphatic heterocycles. The number of hydrogen-bond donors (Lipinski definition) is 3. The summed E-state index contributed by atoms with van der Waals surface area (Å²) >= 11 is 0.